The van der Waals surface area contributed by atoms with Crippen molar-refractivity contribution in [2.45, 2.75) is 33.2 Å². The fourth-order valence-corrected chi connectivity index (χ4v) is 4.62. The molecule has 0 amide bonds. The van der Waals surface area contributed by atoms with Crippen LogP contribution in [0.5, 0.6) is 0 Å². The van der Waals surface area contributed by atoms with Crippen molar-refractivity contribution in [2.24, 2.45) is 0 Å². The lowest BCUT2D eigenvalue weighted by Crippen LogP contribution is -2.27. The summed E-state index contributed by atoms with van der Waals surface area (Å²) in [5, 5.41) is 17.2. The summed E-state index contributed by atoms with van der Waals surface area (Å²) in [6.45, 7) is 7.74. The van der Waals surface area contributed by atoms with E-state index in [0.29, 0.717) is 0 Å². The Morgan fingerprint density at radius 3 is 2.93 bits per heavy atom. The van der Waals surface area contributed by atoms with Gasteiger partial charge in [0.05, 0.1) is 32.7 Å². The van der Waals surface area contributed by atoms with Gasteiger partial charge in [-0.25, -0.2) is 15.0 Å². The Kier molecular flexibility index (Phi) is 4.35. The summed E-state index contributed by atoms with van der Waals surface area (Å²) in [6.07, 6.45) is 4.45. The summed E-state index contributed by atoms with van der Waals surface area (Å²) < 4.78 is 1.70. The zero-order valence-electron chi connectivity index (χ0n) is 16.5. The van der Waals surface area contributed by atoms with E-state index in [0.717, 1.165) is 63.8 Å². The molecule has 4 aromatic rings. The maximum absolute atomic E-state index is 4.82. The summed E-state index contributed by atoms with van der Waals surface area (Å²) in [6, 6.07) is 4.24. The number of nitrogens with zero attached hydrogens (tertiary/aromatic N) is 8. The molecule has 1 N–H and O–H groups in total. The van der Waals surface area contributed by atoms with E-state index in [4.69, 9.17) is 4.98 Å². The van der Waals surface area contributed by atoms with Gasteiger partial charge in [-0.3, -0.25) is 0 Å². The highest BCUT2D eigenvalue weighted by Crippen LogP contribution is 2.29. The van der Waals surface area contributed by atoms with Crippen molar-refractivity contribution in [1.29, 1.82) is 0 Å². The number of aromatic nitrogens is 7. The number of nitrogens with one attached hydrogen (secondary N) is 1. The molecule has 5 heterocycles. The quantitative estimate of drug-likeness (QED) is 0.551. The molecule has 1 atom stereocenters. The monoisotopic (exact) mass is 407 g/mol. The molecule has 4 aromatic heterocycles. The molecule has 148 valence electrons. The van der Waals surface area contributed by atoms with Gasteiger partial charge in [-0.15, -0.1) is 21.5 Å². The van der Waals surface area contributed by atoms with Crippen molar-refractivity contribution in [2.75, 3.05) is 23.3 Å². The lowest BCUT2D eigenvalue weighted by molar-refractivity contribution is 0.799. The average Bonchev–Trinajstić information content (AvgIpc) is 3.42. The first-order valence-corrected chi connectivity index (χ1v) is 10.3. The number of anilines is 2. The highest BCUT2D eigenvalue weighted by atomic mass is 32.1. The third kappa shape index (κ3) is 3.39. The van der Waals surface area contributed by atoms with Gasteiger partial charge in [-0.1, -0.05) is 0 Å². The van der Waals surface area contributed by atoms with E-state index in [9.17, 15) is 0 Å². The number of hydrogen-bond acceptors (Lipinski definition) is 9. The number of aryl methyl sites for hydroxylation is 3. The molecule has 29 heavy (non-hydrogen) atoms. The number of hydrogen-bond donors (Lipinski definition) is 1. The second kappa shape index (κ2) is 7.03. The lowest BCUT2D eigenvalue weighted by atomic mass is 10.2. The molecular weight excluding hydrogens is 386 g/mol. The summed E-state index contributed by atoms with van der Waals surface area (Å²) in [4.78, 5) is 17.2. The Hall–Kier alpha value is -3.14. The van der Waals surface area contributed by atoms with Crippen molar-refractivity contribution in [3.63, 3.8) is 0 Å². The molecule has 1 unspecified atom stereocenters. The molecule has 1 saturated heterocycles. The molecule has 0 radical (unpaired) electrons. The molecule has 0 saturated carbocycles. The van der Waals surface area contributed by atoms with Crippen LogP contribution in [0.4, 0.5) is 11.6 Å². The largest absolute Gasteiger partial charge is 0.377 e. The molecule has 1 aliphatic heterocycles. The Balaban J connectivity index is 1.35. The molecule has 10 heteroatoms. The normalized spacial score (nSPS) is 16.7. The standard InChI is InChI=1S/C19H21N9S/c1-11-8-16(18-25-21-10-28(18)26-11)23-14-5-7-27(9-14)19-20-6-4-15(24-19)17-12(2)22-13(3)29-17/h4,6,8,10,14,23H,5,7,9H2,1-3H3. The SMILES string of the molecule is Cc1cc(NC2CCN(c3nccc(-c4sc(C)nc4C)n3)C2)c2nncn2n1. The minimum atomic E-state index is 0.275. The van der Waals surface area contributed by atoms with Crippen LogP contribution in [0.25, 0.3) is 16.2 Å². The van der Waals surface area contributed by atoms with Crippen molar-refractivity contribution >= 4 is 28.6 Å². The van der Waals surface area contributed by atoms with Gasteiger partial charge < -0.3 is 10.2 Å². The van der Waals surface area contributed by atoms with Gasteiger partial charge in [0, 0.05) is 25.3 Å². The van der Waals surface area contributed by atoms with Gasteiger partial charge in [-0.05, 0) is 39.3 Å². The molecule has 1 aliphatic rings. The fourth-order valence-electron chi connectivity index (χ4n) is 3.73. The van der Waals surface area contributed by atoms with Crippen molar-refractivity contribution < 1.29 is 0 Å². The molecule has 0 aliphatic carbocycles. The van der Waals surface area contributed by atoms with Gasteiger partial charge in [0.25, 0.3) is 0 Å². The lowest BCUT2D eigenvalue weighted by Gasteiger charge is -2.18. The van der Waals surface area contributed by atoms with Crippen LogP contribution in [-0.2, 0) is 0 Å². The van der Waals surface area contributed by atoms with E-state index < -0.39 is 0 Å². The molecule has 5 rings (SSSR count). The van der Waals surface area contributed by atoms with E-state index in [1.807, 2.05) is 39.1 Å². The maximum Gasteiger partial charge on any atom is 0.225 e. The van der Waals surface area contributed by atoms with Crippen LogP contribution < -0.4 is 10.2 Å². The van der Waals surface area contributed by atoms with Gasteiger partial charge in [0.1, 0.15) is 6.33 Å². The third-order valence-electron chi connectivity index (χ3n) is 5.00. The maximum atomic E-state index is 4.82. The summed E-state index contributed by atoms with van der Waals surface area (Å²) in [5.74, 6) is 0.760. The van der Waals surface area contributed by atoms with Crippen LogP contribution in [0, 0.1) is 20.8 Å². The topological polar surface area (TPSA) is 97.0 Å². The van der Waals surface area contributed by atoms with Crippen LogP contribution in [0.15, 0.2) is 24.7 Å². The van der Waals surface area contributed by atoms with Gasteiger partial charge in [0.15, 0.2) is 0 Å². The molecule has 1 fully saturated rings. The zero-order valence-corrected chi connectivity index (χ0v) is 17.3. The predicted octanol–water partition coefficient (Wildman–Crippen LogP) is 2.65. The Bertz CT molecular complexity index is 1180. The van der Waals surface area contributed by atoms with E-state index >= 15 is 0 Å². The zero-order chi connectivity index (χ0) is 20.0. The summed E-state index contributed by atoms with van der Waals surface area (Å²) in [7, 11) is 0. The van der Waals surface area contributed by atoms with E-state index in [-0.39, 0.29) is 6.04 Å². The second-order valence-corrected chi connectivity index (χ2v) is 8.47. The minimum absolute atomic E-state index is 0.275. The van der Waals surface area contributed by atoms with E-state index in [2.05, 4.69) is 35.5 Å². The fraction of sp³-hybridized carbons (Fsp3) is 0.368. The Labute approximate surface area is 171 Å². The van der Waals surface area contributed by atoms with Crippen molar-refractivity contribution in [3.8, 4) is 10.6 Å². The number of thiazole rings is 1. The molecule has 0 aromatic carbocycles. The van der Waals surface area contributed by atoms with Crippen LogP contribution in [0.1, 0.15) is 22.8 Å². The first-order chi connectivity index (χ1) is 14.1. The van der Waals surface area contributed by atoms with Gasteiger partial charge in [-0.2, -0.15) is 9.61 Å². The van der Waals surface area contributed by atoms with Crippen LogP contribution >= 0.6 is 11.3 Å². The van der Waals surface area contributed by atoms with Gasteiger partial charge >= 0.3 is 0 Å². The van der Waals surface area contributed by atoms with E-state index in [1.165, 1.54) is 0 Å². The van der Waals surface area contributed by atoms with Crippen LogP contribution in [-0.4, -0.2) is 53.9 Å². The first kappa shape index (κ1) is 17.9. The number of rotatable bonds is 4. The van der Waals surface area contributed by atoms with Crippen LogP contribution in [0.2, 0.25) is 0 Å². The number of fused-ring (bicyclic) bond motifs is 1. The first-order valence-electron chi connectivity index (χ1n) is 9.53. The Morgan fingerprint density at radius 1 is 1.21 bits per heavy atom. The second-order valence-electron chi connectivity index (χ2n) is 7.26. The Morgan fingerprint density at radius 2 is 2.10 bits per heavy atom. The molecular formula is C19H21N9S. The molecule has 0 bridgehead atoms. The molecule has 9 nitrogen and oxygen atoms in total. The van der Waals surface area contributed by atoms with Crippen LogP contribution in [0.3, 0.4) is 0 Å². The summed E-state index contributed by atoms with van der Waals surface area (Å²) >= 11 is 1.67. The molecule has 0 spiro atoms. The highest BCUT2D eigenvalue weighted by Gasteiger charge is 2.25. The van der Waals surface area contributed by atoms with Crippen molar-refractivity contribution in [1.82, 2.24) is 34.8 Å². The minimum Gasteiger partial charge on any atom is -0.377 e. The van der Waals surface area contributed by atoms with E-state index in [1.54, 1.807) is 22.2 Å². The predicted molar refractivity (Wildman–Crippen MR) is 112 cm³/mol. The highest BCUT2D eigenvalue weighted by molar-refractivity contribution is 7.15. The van der Waals surface area contributed by atoms with Gasteiger partial charge in [0.2, 0.25) is 11.6 Å². The third-order valence-corrected chi connectivity index (χ3v) is 6.10. The summed E-state index contributed by atoms with van der Waals surface area (Å²) in [5.41, 5.74) is 4.56. The average molecular weight is 408 g/mol. The smallest absolute Gasteiger partial charge is 0.225 e. The van der Waals surface area contributed by atoms with Crippen molar-refractivity contribution in [3.05, 3.63) is 41.1 Å².